The van der Waals surface area contributed by atoms with Gasteiger partial charge in [-0.3, -0.25) is 9.59 Å². The Morgan fingerprint density at radius 3 is 2.21 bits per heavy atom. The number of nitrogens with zero attached hydrogens (tertiary/aromatic N) is 2. The number of carbonyl (C=O) groups is 2. The summed E-state index contributed by atoms with van der Waals surface area (Å²) in [6.45, 7) is 5.96. The molecule has 7 heteroatoms. The maximum Gasteiger partial charge on any atom is 0.287 e. The van der Waals surface area contributed by atoms with E-state index in [2.05, 4.69) is 34.6 Å². The first-order chi connectivity index (χ1) is 16.5. The molecule has 34 heavy (non-hydrogen) atoms. The van der Waals surface area contributed by atoms with Gasteiger partial charge in [0.25, 0.3) is 11.8 Å². The molecule has 3 N–H and O–H groups in total. The van der Waals surface area contributed by atoms with E-state index >= 15 is 0 Å². The smallest absolute Gasteiger partial charge is 0.287 e. The van der Waals surface area contributed by atoms with Crippen LogP contribution in [0.15, 0.2) is 89.7 Å². The molecule has 0 aliphatic heterocycles. The molecule has 3 aromatic carbocycles. The number of benzene rings is 3. The van der Waals surface area contributed by atoms with Crippen LogP contribution in [0.2, 0.25) is 0 Å². The summed E-state index contributed by atoms with van der Waals surface area (Å²) in [6, 6.07) is 23.0. The number of phenols is 1. The van der Waals surface area contributed by atoms with Gasteiger partial charge in [0.05, 0.1) is 6.21 Å². The van der Waals surface area contributed by atoms with E-state index in [1.807, 2.05) is 30.3 Å². The molecular weight excluding hydrogens is 428 g/mol. The Morgan fingerprint density at radius 2 is 1.56 bits per heavy atom. The summed E-state index contributed by atoms with van der Waals surface area (Å²) >= 11 is 0. The summed E-state index contributed by atoms with van der Waals surface area (Å²) in [5.41, 5.74) is 5.16. The lowest BCUT2D eigenvalue weighted by Gasteiger charge is -2.20. The van der Waals surface area contributed by atoms with E-state index in [1.165, 1.54) is 12.3 Å². The number of para-hydroxylation sites is 1. The van der Waals surface area contributed by atoms with E-state index in [0.717, 1.165) is 24.3 Å². The van der Waals surface area contributed by atoms with Gasteiger partial charge in [0.15, 0.2) is 0 Å². The van der Waals surface area contributed by atoms with Crippen LogP contribution in [-0.4, -0.2) is 36.2 Å². The number of carbonyl (C=O) groups excluding carboxylic acids is 2. The van der Waals surface area contributed by atoms with Gasteiger partial charge >= 0.3 is 0 Å². The molecule has 0 saturated heterocycles. The summed E-state index contributed by atoms with van der Waals surface area (Å²) in [5, 5.41) is 16.4. The van der Waals surface area contributed by atoms with Gasteiger partial charge in [-0.25, -0.2) is 5.43 Å². The zero-order chi connectivity index (χ0) is 24.3. The van der Waals surface area contributed by atoms with Crippen LogP contribution in [0, 0.1) is 0 Å². The molecule has 0 aromatic heterocycles. The predicted molar refractivity (Wildman–Crippen MR) is 136 cm³/mol. The Bertz CT molecular complexity index is 1170. The van der Waals surface area contributed by atoms with Crippen molar-refractivity contribution >= 4 is 29.8 Å². The Balaban J connectivity index is 1.83. The lowest BCUT2D eigenvalue weighted by Crippen LogP contribution is -2.32. The number of hydrogen-bond donors (Lipinski definition) is 3. The standard InChI is InChI=1S/C27H28N4O3/c1-3-31(4-2)23-16-14-20(15-17-23)18-24(29-26(33)21-10-6-5-7-11-21)27(34)30-28-19-22-12-8-9-13-25(22)32/h5-19,32H,3-4H2,1-2H3,(H,29,33)(H,30,34)/b24-18+,28-19-. The van der Waals surface area contributed by atoms with Gasteiger partial charge in [0.1, 0.15) is 11.4 Å². The molecule has 0 radical (unpaired) electrons. The highest BCUT2D eigenvalue weighted by Crippen LogP contribution is 2.17. The first kappa shape index (κ1) is 24.3. The SMILES string of the molecule is CCN(CC)c1ccc(/C=C(/NC(=O)c2ccccc2)C(=O)N/N=C\c2ccccc2O)cc1. The third-order valence-electron chi connectivity index (χ3n) is 5.17. The van der Waals surface area contributed by atoms with Gasteiger partial charge in [-0.05, 0) is 61.9 Å². The van der Waals surface area contributed by atoms with Crippen molar-refractivity contribution in [1.82, 2.24) is 10.7 Å². The van der Waals surface area contributed by atoms with Crippen LogP contribution in [0.5, 0.6) is 5.75 Å². The van der Waals surface area contributed by atoms with Crippen molar-refractivity contribution in [2.75, 3.05) is 18.0 Å². The molecule has 3 rings (SSSR count). The number of hydrogen-bond acceptors (Lipinski definition) is 5. The quantitative estimate of drug-likeness (QED) is 0.256. The number of phenolic OH excluding ortho intramolecular Hbond substituents is 1. The van der Waals surface area contributed by atoms with Crippen molar-refractivity contribution in [3.05, 3.63) is 101 Å². The Hall–Kier alpha value is -4.39. The van der Waals surface area contributed by atoms with Gasteiger partial charge in [0.2, 0.25) is 0 Å². The van der Waals surface area contributed by atoms with E-state index in [1.54, 1.807) is 48.5 Å². The third-order valence-corrected chi connectivity index (χ3v) is 5.17. The fraction of sp³-hybridized carbons (Fsp3) is 0.148. The first-order valence-electron chi connectivity index (χ1n) is 11.1. The van der Waals surface area contributed by atoms with E-state index in [0.29, 0.717) is 11.1 Å². The molecule has 2 amide bonds. The average molecular weight is 457 g/mol. The molecule has 0 aliphatic carbocycles. The van der Waals surface area contributed by atoms with E-state index < -0.39 is 11.8 Å². The minimum atomic E-state index is -0.594. The lowest BCUT2D eigenvalue weighted by molar-refractivity contribution is -0.117. The number of aromatic hydroxyl groups is 1. The molecule has 3 aromatic rings. The maximum absolute atomic E-state index is 12.9. The van der Waals surface area contributed by atoms with Crippen molar-refractivity contribution in [1.29, 1.82) is 0 Å². The minimum Gasteiger partial charge on any atom is -0.507 e. The molecule has 174 valence electrons. The Kier molecular flexibility index (Phi) is 8.57. The second-order valence-electron chi connectivity index (χ2n) is 7.40. The molecule has 0 heterocycles. The van der Waals surface area contributed by atoms with Crippen LogP contribution >= 0.6 is 0 Å². The molecule has 0 aliphatic rings. The largest absolute Gasteiger partial charge is 0.507 e. The summed E-state index contributed by atoms with van der Waals surface area (Å²) < 4.78 is 0. The highest BCUT2D eigenvalue weighted by molar-refractivity contribution is 6.05. The van der Waals surface area contributed by atoms with Crippen molar-refractivity contribution < 1.29 is 14.7 Å². The fourth-order valence-electron chi connectivity index (χ4n) is 3.30. The van der Waals surface area contributed by atoms with Crippen LogP contribution in [0.4, 0.5) is 5.69 Å². The highest BCUT2D eigenvalue weighted by atomic mass is 16.3. The molecule has 0 atom stereocenters. The molecule has 7 nitrogen and oxygen atoms in total. The van der Waals surface area contributed by atoms with Crippen LogP contribution in [0.3, 0.4) is 0 Å². The number of amides is 2. The van der Waals surface area contributed by atoms with Gasteiger partial charge in [0, 0.05) is 29.9 Å². The van der Waals surface area contributed by atoms with Crippen LogP contribution in [-0.2, 0) is 4.79 Å². The number of anilines is 1. The second kappa shape index (κ2) is 12.0. The van der Waals surface area contributed by atoms with Gasteiger partial charge in [-0.15, -0.1) is 0 Å². The molecule has 0 bridgehead atoms. The van der Waals surface area contributed by atoms with Crippen molar-refractivity contribution in [3.8, 4) is 5.75 Å². The van der Waals surface area contributed by atoms with Gasteiger partial charge in [-0.2, -0.15) is 5.10 Å². The predicted octanol–water partition coefficient (Wildman–Crippen LogP) is 4.16. The highest BCUT2D eigenvalue weighted by Gasteiger charge is 2.14. The van der Waals surface area contributed by atoms with Crippen molar-refractivity contribution in [2.45, 2.75) is 13.8 Å². The zero-order valence-corrected chi connectivity index (χ0v) is 19.2. The maximum atomic E-state index is 12.9. The summed E-state index contributed by atoms with van der Waals surface area (Å²) in [4.78, 5) is 27.8. The van der Waals surface area contributed by atoms with Gasteiger partial charge < -0.3 is 15.3 Å². The van der Waals surface area contributed by atoms with E-state index in [4.69, 9.17) is 0 Å². The summed E-state index contributed by atoms with van der Waals surface area (Å²) in [6.07, 6.45) is 2.93. The average Bonchev–Trinajstić information content (AvgIpc) is 2.87. The topological polar surface area (TPSA) is 94.0 Å². The lowest BCUT2D eigenvalue weighted by atomic mass is 10.1. The van der Waals surface area contributed by atoms with Crippen molar-refractivity contribution in [2.24, 2.45) is 5.10 Å². The van der Waals surface area contributed by atoms with Crippen LogP contribution in [0.1, 0.15) is 35.3 Å². The summed E-state index contributed by atoms with van der Waals surface area (Å²) in [5.74, 6) is -0.961. The molecule has 0 saturated carbocycles. The second-order valence-corrected chi connectivity index (χ2v) is 7.40. The zero-order valence-electron chi connectivity index (χ0n) is 19.2. The minimum absolute atomic E-state index is 0.0406. The van der Waals surface area contributed by atoms with E-state index in [-0.39, 0.29) is 11.4 Å². The monoisotopic (exact) mass is 456 g/mol. The molecule has 0 fully saturated rings. The third kappa shape index (κ3) is 6.56. The molecular formula is C27H28N4O3. The normalized spacial score (nSPS) is 11.3. The number of nitrogens with one attached hydrogen (secondary N) is 2. The van der Waals surface area contributed by atoms with E-state index in [9.17, 15) is 14.7 Å². The summed E-state index contributed by atoms with van der Waals surface area (Å²) in [7, 11) is 0. The first-order valence-corrected chi connectivity index (χ1v) is 11.1. The van der Waals surface area contributed by atoms with Crippen LogP contribution in [0.25, 0.3) is 6.08 Å². The van der Waals surface area contributed by atoms with Gasteiger partial charge in [-0.1, -0.05) is 42.5 Å². The van der Waals surface area contributed by atoms with Crippen molar-refractivity contribution in [3.63, 3.8) is 0 Å². The Morgan fingerprint density at radius 1 is 0.912 bits per heavy atom. The van der Waals surface area contributed by atoms with Crippen LogP contribution < -0.4 is 15.6 Å². The fourth-order valence-corrected chi connectivity index (χ4v) is 3.30. The number of rotatable bonds is 9. The molecule has 0 unspecified atom stereocenters. The Labute approximate surface area is 199 Å². The molecule has 0 spiro atoms. The number of hydrazone groups is 1.